The van der Waals surface area contributed by atoms with Gasteiger partial charge < -0.3 is 9.52 Å². The van der Waals surface area contributed by atoms with Gasteiger partial charge in [-0.25, -0.2) is 0 Å². The van der Waals surface area contributed by atoms with Crippen LogP contribution in [0.25, 0.3) is 11.5 Å². The Morgan fingerprint density at radius 1 is 1.40 bits per heavy atom. The molecule has 1 fully saturated rings. The van der Waals surface area contributed by atoms with Gasteiger partial charge in [-0.1, -0.05) is 23.7 Å². The van der Waals surface area contributed by atoms with E-state index in [9.17, 15) is 5.11 Å². The molecule has 1 saturated heterocycles. The molecule has 0 radical (unpaired) electrons. The average molecular weight is 294 g/mol. The second-order valence-electron chi connectivity index (χ2n) is 5.44. The van der Waals surface area contributed by atoms with Crippen molar-refractivity contribution in [2.75, 3.05) is 13.1 Å². The Morgan fingerprint density at radius 3 is 2.90 bits per heavy atom. The number of aromatic nitrogens is 2. The average Bonchev–Trinajstić information content (AvgIpc) is 2.97. The fraction of sp³-hybridized carbons (Fsp3) is 0.429. The summed E-state index contributed by atoms with van der Waals surface area (Å²) in [6.07, 6.45) is 0.762. The van der Waals surface area contributed by atoms with Crippen LogP contribution in [-0.4, -0.2) is 38.9 Å². The molecule has 106 valence electrons. The summed E-state index contributed by atoms with van der Waals surface area (Å²) in [6.45, 7) is 3.84. The van der Waals surface area contributed by atoms with Crippen molar-refractivity contribution in [3.8, 4) is 11.5 Å². The fourth-order valence-electron chi connectivity index (χ4n) is 2.43. The van der Waals surface area contributed by atoms with Crippen LogP contribution in [0.1, 0.15) is 19.2 Å². The van der Waals surface area contributed by atoms with Crippen molar-refractivity contribution in [1.29, 1.82) is 0 Å². The second kappa shape index (κ2) is 5.16. The molecule has 1 aromatic heterocycles. The number of aliphatic hydroxyl groups is 1. The minimum atomic E-state index is -0.619. The molecule has 0 amide bonds. The normalized spacial score (nSPS) is 23.4. The number of nitrogens with zero attached hydrogens (tertiary/aromatic N) is 3. The summed E-state index contributed by atoms with van der Waals surface area (Å²) in [5.74, 6) is 0.967. The van der Waals surface area contributed by atoms with Gasteiger partial charge in [-0.05, 0) is 25.5 Å². The Labute approximate surface area is 122 Å². The summed E-state index contributed by atoms with van der Waals surface area (Å²) in [5.41, 5.74) is 0.118. The van der Waals surface area contributed by atoms with Crippen molar-refractivity contribution >= 4 is 11.6 Å². The van der Waals surface area contributed by atoms with E-state index in [4.69, 9.17) is 16.0 Å². The van der Waals surface area contributed by atoms with Crippen molar-refractivity contribution in [1.82, 2.24) is 15.1 Å². The number of rotatable bonds is 3. The van der Waals surface area contributed by atoms with E-state index in [-0.39, 0.29) is 0 Å². The standard InChI is InChI=1S/C14H16ClN3O2/c1-14(19)6-7-18(9-14)8-12-16-17-13(20-12)10-4-2-3-5-11(10)15/h2-5,19H,6-9H2,1H3. The molecule has 2 heterocycles. The zero-order valence-corrected chi connectivity index (χ0v) is 12.0. The summed E-state index contributed by atoms with van der Waals surface area (Å²) < 4.78 is 5.65. The fourth-order valence-corrected chi connectivity index (χ4v) is 2.64. The molecule has 6 heteroatoms. The van der Waals surface area contributed by atoms with Crippen LogP contribution in [-0.2, 0) is 6.54 Å². The summed E-state index contributed by atoms with van der Waals surface area (Å²) in [7, 11) is 0. The number of benzene rings is 1. The maximum atomic E-state index is 9.94. The van der Waals surface area contributed by atoms with Gasteiger partial charge in [0.05, 0.1) is 22.7 Å². The van der Waals surface area contributed by atoms with Gasteiger partial charge in [0.1, 0.15) is 0 Å². The van der Waals surface area contributed by atoms with Gasteiger partial charge in [0.25, 0.3) is 0 Å². The first-order chi connectivity index (χ1) is 9.53. The molecule has 3 rings (SSSR count). The van der Waals surface area contributed by atoms with Gasteiger partial charge in [0.2, 0.25) is 11.8 Å². The van der Waals surface area contributed by atoms with Gasteiger partial charge >= 0.3 is 0 Å². The van der Waals surface area contributed by atoms with E-state index in [1.54, 1.807) is 6.07 Å². The highest BCUT2D eigenvalue weighted by Crippen LogP contribution is 2.27. The molecular formula is C14H16ClN3O2. The van der Waals surface area contributed by atoms with Gasteiger partial charge in [-0.15, -0.1) is 10.2 Å². The summed E-state index contributed by atoms with van der Waals surface area (Å²) in [5, 5.41) is 18.6. The Balaban J connectivity index is 1.73. The van der Waals surface area contributed by atoms with Gasteiger partial charge in [0.15, 0.2) is 0 Å². The first kappa shape index (κ1) is 13.5. The van der Waals surface area contributed by atoms with Crippen LogP contribution in [0.5, 0.6) is 0 Å². The third kappa shape index (κ3) is 2.85. The van der Waals surface area contributed by atoms with Crippen LogP contribution in [0.15, 0.2) is 28.7 Å². The Kier molecular flexibility index (Phi) is 3.50. The second-order valence-corrected chi connectivity index (χ2v) is 5.85. The maximum absolute atomic E-state index is 9.94. The van der Waals surface area contributed by atoms with E-state index < -0.39 is 5.60 Å². The molecule has 20 heavy (non-hydrogen) atoms. The number of hydrogen-bond donors (Lipinski definition) is 1. The zero-order valence-electron chi connectivity index (χ0n) is 11.2. The quantitative estimate of drug-likeness (QED) is 0.941. The summed E-state index contributed by atoms with van der Waals surface area (Å²) in [4.78, 5) is 2.10. The smallest absolute Gasteiger partial charge is 0.249 e. The van der Waals surface area contributed by atoms with Crippen LogP contribution in [0.2, 0.25) is 5.02 Å². The van der Waals surface area contributed by atoms with Crippen molar-refractivity contribution in [2.24, 2.45) is 0 Å². The number of likely N-dealkylation sites (tertiary alicyclic amines) is 1. The lowest BCUT2D eigenvalue weighted by molar-refractivity contribution is 0.0668. The van der Waals surface area contributed by atoms with Crippen LogP contribution in [0.4, 0.5) is 0 Å². The van der Waals surface area contributed by atoms with E-state index in [0.717, 1.165) is 18.5 Å². The lowest BCUT2D eigenvalue weighted by atomic mass is 10.1. The van der Waals surface area contributed by atoms with Crippen molar-refractivity contribution < 1.29 is 9.52 Å². The minimum Gasteiger partial charge on any atom is -0.419 e. The molecule has 0 aliphatic carbocycles. The molecule has 0 spiro atoms. The molecule has 1 atom stereocenters. The highest BCUT2D eigenvalue weighted by Gasteiger charge is 2.32. The molecule has 0 bridgehead atoms. The lowest BCUT2D eigenvalue weighted by Gasteiger charge is -2.16. The van der Waals surface area contributed by atoms with Crippen LogP contribution < -0.4 is 0 Å². The van der Waals surface area contributed by atoms with Gasteiger partial charge in [-0.3, -0.25) is 4.90 Å². The van der Waals surface area contributed by atoms with Crippen molar-refractivity contribution in [3.05, 3.63) is 35.2 Å². The summed E-state index contributed by atoms with van der Waals surface area (Å²) >= 11 is 6.10. The Hall–Kier alpha value is -1.43. The topological polar surface area (TPSA) is 62.4 Å². The number of β-amino-alcohol motifs (C(OH)–C–C–N with tert-alkyl or cyclic N) is 1. The van der Waals surface area contributed by atoms with Crippen LogP contribution in [0, 0.1) is 0 Å². The Morgan fingerprint density at radius 2 is 2.20 bits per heavy atom. The number of halogens is 1. The van der Waals surface area contributed by atoms with Crippen molar-refractivity contribution in [3.63, 3.8) is 0 Å². The van der Waals surface area contributed by atoms with E-state index in [1.165, 1.54) is 0 Å². The largest absolute Gasteiger partial charge is 0.419 e. The summed E-state index contributed by atoms with van der Waals surface area (Å²) in [6, 6.07) is 7.37. The SMILES string of the molecule is CC1(O)CCN(Cc2nnc(-c3ccccc3Cl)o2)C1. The molecular weight excluding hydrogens is 278 g/mol. The third-order valence-electron chi connectivity index (χ3n) is 3.46. The maximum Gasteiger partial charge on any atom is 0.249 e. The van der Waals surface area contributed by atoms with Crippen LogP contribution in [0.3, 0.4) is 0 Å². The van der Waals surface area contributed by atoms with Gasteiger partial charge in [0, 0.05) is 13.1 Å². The highest BCUT2D eigenvalue weighted by molar-refractivity contribution is 6.33. The van der Waals surface area contributed by atoms with E-state index in [0.29, 0.717) is 29.9 Å². The first-order valence-corrected chi connectivity index (χ1v) is 6.93. The lowest BCUT2D eigenvalue weighted by Crippen LogP contribution is -2.29. The molecule has 1 unspecified atom stereocenters. The molecule has 1 aliphatic heterocycles. The monoisotopic (exact) mass is 293 g/mol. The molecule has 1 N–H and O–H groups in total. The van der Waals surface area contributed by atoms with Crippen molar-refractivity contribution in [2.45, 2.75) is 25.5 Å². The minimum absolute atomic E-state index is 0.427. The first-order valence-electron chi connectivity index (χ1n) is 6.55. The van der Waals surface area contributed by atoms with E-state index >= 15 is 0 Å². The van der Waals surface area contributed by atoms with Crippen LogP contribution >= 0.6 is 11.6 Å². The predicted octanol–water partition coefficient (Wildman–Crippen LogP) is 2.35. The van der Waals surface area contributed by atoms with E-state index in [2.05, 4.69) is 15.1 Å². The predicted molar refractivity (Wildman–Crippen MR) is 75.3 cm³/mol. The zero-order chi connectivity index (χ0) is 14.2. The molecule has 1 aliphatic rings. The Bertz CT molecular complexity index is 612. The molecule has 0 saturated carbocycles. The molecule has 1 aromatic carbocycles. The molecule has 2 aromatic rings. The number of hydrogen-bond acceptors (Lipinski definition) is 5. The molecule has 5 nitrogen and oxygen atoms in total. The highest BCUT2D eigenvalue weighted by atomic mass is 35.5. The van der Waals surface area contributed by atoms with Gasteiger partial charge in [-0.2, -0.15) is 0 Å². The van der Waals surface area contributed by atoms with E-state index in [1.807, 2.05) is 25.1 Å². The third-order valence-corrected chi connectivity index (χ3v) is 3.79.